The molecule has 1 aromatic heterocycles. The summed E-state index contributed by atoms with van der Waals surface area (Å²) >= 11 is 0. The molecule has 0 aromatic carbocycles. The van der Waals surface area contributed by atoms with Crippen molar-refractivity contribution in [1.82, 2.24) is 20.3 Å². The molecule has 78 valence electrons. The van der Waals surface area contributed by atoms with Crippen LogP contribution in [0.2, 0.25) is 0 Å². The van der Waals surface area contributed by atoms with Gasteiger partial charge in [-0.15, -0.1) is 5.10 Å². The van der Waals surface area contributed by atoms with Crippen LogP contribution in [0, 0.1) is 5.92 Å². The van der Waals surface area contributed by atoms with Gasteiger partial charge >= 0.3 is 0 Å². The first kappa shape index (κ1) is 9.61. The molecule has 0 radical (unpaired) electrons. The molecule has 1 fully saturated rings. The molecule has 2 atom stereocenters. The van der Waals surface area contributed by atoms with Crippen LogP contribution in [0.3, 0.4) is 0 Å². The fraction of sp³-hybridized carbons (Fsp3) is 0.778. The minimum absolute atomic E-state index is 0.431. The third-order valence-corrected chi connectivity index (χ3v) is 2.81. The smallest absolute Gasteiger partial charge is 0.0976 e. The molecule has 1 aliphatic rings. The third-order valence-electron chi connectivity index (χ3n) is 2.81. The molecule has 2 N–H and O–H groups in total. The van der Waals surface area contributed by atoms with Gasteiger partial charge in [-0.05, 0) is 31.8 Å². The molecule has 0 spiro atoms. The molecule has 1 aliphatic heterocycles. The second-order valence-corrected chi connectivity index (χ2v) is 3.89. The predicted octanol–water partition coefficient (Wildman–Crippen LogP) is -0.152. The Balaban J connectivity index is 1.95. The monoisotopic (exact) mass is 196 g/mol. The van der Waals surface area contributed by atoms with Gasteiger partial charge in [0.15, 0.2) is 0 Å². The molecular weight excluding hydrogens is 180 g/mol. The normalized spacial score (nSPS) is 24.0. The van der Waals surface area contributed by atoms with Crippen LogP contribution in [-0.4, -0.2) is 33.2 Å². The van der Waals surface area contributed by atoms with Gasteiger partial charge in [0, 0.05) is 7.05 Å². The van der Waals surface area contributed by atoms with Crippen molar-refractivity contribution < 1.29 is 5.11 Å². The first-order chi connectivity index (χ1) is 6.77. The van der Waals surface area contributed by atoms with Crippen molar-refractivity contribution in [2.45, 2.75) is 18.9 Å². The second-order valence-electron chi connectivity index (χ2n) is 3.89. The number of nitrogens with one attached hydrogen (secondary N) is 1. The highest BCUT2D eigenvalue weighted by Crippen LogP contribution is 2.23. The Labute approximate surface area is 83.1 Å². The van der Waals surface area contributed by atoms with E-state index in [9.17, 15) is 5.11 Å². The van der Waals surface area contributed by atoms with Gasteiger partial charge in [0.25, 0.3) is 0 Å². The molecule has 1 saturated heterocycles. The SMILES string of the molecule is Cn1nncc1C(O)CC1CCNC1. The molecular formula is C9H16N4O. The molecule has 0 amide bonds. The van der Waals surface area contributed by atoms with Crippen LogP contribution in [-0.2, 0) is 7.05 Å². The standard InChI is InChI=1S/C9H16N4O/c1-13-8(6-11-12-13)9(14)4-7-2-3-10-5-7/h6-7,9-10,14H,2-5H2,1H3. The Hall–Kier alpha value is -0.940. The summed E-state index contributed by atoms with van der Waals surface area (Å²) in [4.78, 5) is 0. The van der Waals surface area contributed by atoms with Gasteiger partial charge in [0.1, 0.15) is 0 Å². The summed E-state index contributed by atoms with van der Waals surface area (Å²) in [7, 11) is 1.80. The largest absolute Gasteiger partial charge is 0.387 e. The number of aryl methyl sites for hydroxylation is 1. The van der Waals surface area contributed by atoms with Crippen LogP contribution in [0.5, 0.6) is 0 Å². The highest BCUT2D eigenvalue weighted by molar-refractivity contribution is 4.99. The van der Waals surface area contributed by atoms with Gasteiger partial charge in [-0.1, -0.05) is 5.21 Å². The molecule has 14 heavy (non-hydrogen) atoms. The second kappa shape index (κ2) is 4.06. The number of aliphatic hydroxyl groups is 1. The maximum Gasteiger partial charge on any atom is 0.0976 e. The van der Waals surface area contributed by atoms with Crippen LogP contribution in [0.4, 0.5) is 0 Å². The molecule has 2 unspecified atom stereocenters. The van der Waals surface area contributed by atoms with Gasteiger partial charge in [0.05, 0.1) is 18.0 Å². The zero-order valence-electron chi connectivity index (χ0n) is 8.35. The van der Waals surface area contributed by atoms with E-state index in [1.165, 1.54) is 0 Å². The predicted molar refractivity (Wildman–Crippen MR) is 51.6 cm³/mol. The van der Waals surface area contributed by atoms with Crippen LogP contribution >= 0.6 is 0 Å². The number of rotatable bonds is 3. The van der Waals surface area contributed by atoms with Gasteiger partial charge in [-0.3, -0.25) is 0 Å². The Morgan fingerprint density at radius 3 is 3.21 bits per heavy atom. The number of hydrogen-bond donors (Lipinski definition) is 2. The molecule has 0 saturated carbocycles. The van der Waals surface area contributed by atoms with E-state index >= 15 is 0 Å². The van der Waals surface area contributed by atoms with Crippen LogP contribution in [0.15, 0.2) is 6.20 Å². The molecule has 0 bridgehead atoms. The van der Waals surface area contributed by atoms with Crippen LogP contribution in [0.25, 0.3) is 0 Å². The minimum Gasteiger partial charge on any atom is -0.387 e. The number of hydrogen-bond acceptors (Lipinski definition) is 4. The number of aromatic nitrogens is 3. The van der Waals surface area contributed by atoms with Gasteiger partial charge in [-0.2, -0.15) is 0 Å². The summed E-state index contributed by atoms with van der Waals surface area (Å²) in [6.45, 7) is 2.09. The van der Waals surface area contributed by atoms with E-state index in [2.05, 4.69) is 15.6 Å². The Kier molecular flexibility index (Phi) is 2.79. The summed E-state index contributed by atoms with van der Waals surface area (Å²) in [5.74, 6) is 0.583. The van der Waals surface area contributed by atoms with Crippen molar-refractivity contribution >= 4 is 0 Å². The zero-order chi connectivity index (χ0) is 9.97. The quantitative estimate of drug-likeness (QED) is 0.705. The Bertz CT molecular complexity index is 293. The van der Waals surface area contributed by atoms with E-state index in [1.54, 1.807) is 17.9 Å². The molecule has 2 rings (SSSR count). The van der Waals surface area contributed by atoms with E-state index in [4.69, 9.17) is 0 Å². The third kappa shape index (κ3) is 1.93. The molecule has 5 nitrogen and oxygen atoms in total. The fourth-order valence-corrected chi connectivity index (χ4v) is 1.95. The average Bonchev–Trinajstić information content (AvgIpc) is 2.75. The summed E-state index contributed by atoms with van der Waals surface area (Å²) in [5.41, 5.74) is 0.803. The average molecular weight is 196 g/mol. The highest BCUT2D eigenvalue weighted by atomic mass is 16.3. The zero-order valence-corrected chi connectivity index (χ0v) is 8.35. The van der Waals surface area contributed by atoms with Crippen LogP contribution < -0.4 is 5.32 Å². The summed E-state index contributed by atoms with van der Waals surface area (Å²) < 4.78 is 1.63. The Morgan fingerprint density at radius 2 is 2.64 bits per heavy atom. The van der Waals surface area contributed by atoms with E-state index in [0.29, 0.717) is 5.92 Å². The van der Waals surface area contributed by atoms with E-state index < -0.39 is 6.10 Å². The first-order valence-corrected chi connectivity index (χ1v) is 5.00. The highest BCUT2D eigenvalue weighted by Gasteiger charge is 2.21. The lowest BCUT2D eigenvalue weighted by Crippen LogP contribution is -2.13. The lowest BCUT2D eigenvalue weighted by Gasteiger charge is -2.14. The van der Waals surface area contributed by atoms with Crippen molar-refractivity contribution in [3.8, 4) is 0 Å². The first-order valence-electron chi connectivity index (χ1n) is 5.00. The summed E-state index contributed by atoms with van der Waals surface area (Å²) in [6, 6.07) is 0. The topological polar surface area (TPSA) is 63.0 Å². The van der Waals surface area contributed by atoms with Crippen molar-refractivity contribution in [3.63, 3.8) is 0 Å². The van der Waals surface area contributed by atoms with Gasteiger partial charge in [-0.25, -0.2) is 4.68 Å². The lowest BCUT2D eigenvalue weighted by atomic mass is 9.99. The maximum absolute atomic E-state index is 9.92. The minimum atomic E-state index is -0.431. The Morgan fingerprint density at radius 1 is 1.79 bits per heavy atom. The lowest BCUT2D eigenvalue weighted by molar-refractivity contribution is 0.139. The summed E-state index contributed by atoms with van der Waals surface area (Å²) in [5, 5.41) is 20.8. The van der Waals surface area contributed by atoms with Crippen molar-refractivity contribution in [3.05, 3.63) is 11.9 Å². The van der Waals surface area contributed by atoms with E-state index in [-0.39, 0.29) is 0 Å². The number of aliphatic hydroxyl groups excluding tert-OH is 1. The van der Waals surface area contributed by atoms with E-state index in [1.807, 2.05) is 0 Å². The van der Waals surface area contributed by atoms with Gasteiger partial charge < -0.3 is 10.4 Å². The van der Waals surface area contributed by atoms with Crippen molar-refractivity contribution in [2.24, 2.45) is 13.0 Å². The maximum atomic E-state index is 9.92. The molecule has 0 aliphatic carbocycles. The van der Waals surface area contributed by atoms with E-state index in [0.717, 1.165) is 31.6 Å². The fourth-order valence-electron chi connectivity index (χ4n) is 1.95. The molecule has 1 aromatic rings. The number of nitrogens with zero attached hydrogens (tertiary/aromatic N) is 3. The molecule has 5 heteroatoms. The summed E-state index contributed by atoms with van der Waals surface area (Å²) in [6.07, 6.45) is 3.16. The molecule has 2 heterocycles. The van der Waals surface area contributed by atoms with Gasteiger partial charge in [0.2, 0.25) is 0 Å². The van der Waals surface area contributed by atoms with Crippen LogP contribution in [0.1, 0.15) is 24.6 Å². The van der Waals surface area contributed by atoms with Crippen molar-refractivity contribution in [1.29, 1.82) is 0 Å². The van der Waals surface area contributed by atoms with Crippen molar-refractivity contribution in [2.75, 3.05) is 13.1 Å².